The zero-order valence-corrected chi connectivity index (χ0v) is 10.6. The summed E-state index contributed by atoms with van der Waals surface area (Å²) in [6, 6.07) is 10.4. The van der Waals surface area contributed by atoms with E-state index in [4.69, 9.17) is 14.7 Å². The van der Waals surface area contributed by atoms with Crippen molar-refractivity contribution in [1.29, 1.82) is 5.26 Å². The minimum atomic E-state index is -0.652. The van der Waals surface area contributed by atoms with E-state index in [1.165, 1.54) is 37.4 Å². The maximum absolute atomic E-state index is 13.7. The lowest BCUT2D eigenvalue weighted by atomic mass is 10.2. The van der Waals surface area contributed by atoms with Gasteiger partial charge in [0.1, 0.15) is 6.29 Å². The number of benzene rings is 2. The summed E-state index contributed by atoms with van der Waals surface area (Å²) in [5.74, 6) is -0.0770. The Morgan fingerprint density at radius 2 is 1.90 bits per heavy atom. The van der Waals surface area contributed by atoms with Crippen molar-refractivity contribution < 1.29 is 18.7 Å². The SMILES string of the molecule is COc1cc(C#N)ccc1Oc1ccc(C=O)cc1F. The quantitative estimate of drug-likeness (QED) is 0.800. The molecular weight excluding hydrogens is 261 g/mol. The first-order valence-corrected chi connectivity index (χ1v) is 5.68. The third kappa shape index (κ3) is 2.75. The predicted octanol–water partition coefficient (Wildman–Crippen LogP) is 3.31. The minimum Gasteiger partial charge on any atom is -0.493 e. The average molecular weight is 271 g/mol. The van der Waals surface area contributed by atoms with Gasteiger partial charge in [-0.15, -0.1) is 0 Å². The van der Waals surface area contributed by atoms with E-state index in [1.807, 2.05) is 6.07 Å². The lowest BCUT2D eigenvalue weighted by molar-refractivity contribution is 0.112. The topological polar surface area (TPSA) is 59.3 Å². The molecule has 0 saturated heterocycles. The summed E-state index contributed by atoms with van der Waals surface area (Å²) in [7, 11) is 1.43. The molecule has 0 spiro atoms. The number of rotatable bonds is 4. The fraction of sp³-hybridized carbons (Fsp3) is 0.0667. The van der Waals surface area contributed by atoms with Gasteiger partial charge in [0, 0.05) is 11.6 Å². The summed E-state index contributed by atoms with van der Waals surface area (Å²) < 4.78 is 24.2. The first-order chi connectivity index (χ1) is 9.67. The summed E-state index contributed by atoms with van der Waals surface area (Å²) in [5, 5.41) is 8.80. The summed E-state index contributed by atoms with van der Waals surface area (Å²) in [6.45, 7) is 0. The number of aldehydes is 1. The Morgan fingerprint density at radius 3 is 2.50 bits per heavy atom. The highest BCUT2D eigenvalue weighted by atomic mass is 19.1. The lowest BCUT2D eigenvalue weighted by Crippen LogP contribution is -1.94. The van der Waals surface area contributed by atoms with Crippen LogP contribution in [0.3, 0.4) is 0 Å². The molecule has 0 atom stereocenters. The van der Waals surface area contributed by atoms with Gasteiger partial charge in [0.2, 0.25) is 0 Å². The number of nitrogens with zero attached hydrogens (tertiary/aromatic N) is 1. The largest absolute Gasteiger partial charge is 0.493 e. The molecule has 5 heteroatoms. The first kappa shape index (κ1) is 13.6. The summed E-state index contributed by atoms with van der Waals surface area (Å²) in [4.78, 5) is 10.5. The Balaban J connectivity index is 2.35. The van der Waals surface area contributed by atoms with Crippen LogP contribution in [0.2, 0.25) is 0 Å². The lowest BCUT2D eigenvalue weighted by Gasteiger charge is -2.11. The second-order valence-corrected chi connectivity index (χ2v) is 3.89. The zero-order chi connectivity index (χ0) is 14.5. The third-order valence-corrected chi connectivity index (χ3v) is 2.60. The molecule has 0 bridgehead atoms. The predicted molar refractivity (Wildman–Crippen MR) is 69.6 cm³/mol. The van der Waals surface area contributed by atoms with Crippen molar-refractivity contribution in [3.05, 3.63) is 53.3 Å². The van der Waals surface area contributed by atoms with E-state index in [9.17, 15) is 9.18 Å². The van der Waals surface area contributed by atoms with Crippen LogP contribution < -0.4 is 9.47 Å². The van der Waals surface area contributed by atoms with E-state index >= 15 is 0 Å². The molecule has 100 valence electrons. The van der Waals surface area contributed by atoms with Crippen LogP contribution in [0.5, 0.6) is 17.2 Å². The molecular formula is C15H10FNO3. The van der Waals surface area contributed by atoms with Crippen molar-refractivity contribution in [2.24, 2.45) is 0 Å². The highest BCUT2D eigenvalue weighted by Gasteiger charge is 2.10. The zero-order valence-electron chi connectivity index (χ0n) is 10.6. The average Bonchev–Trinajstić information content (AvgIpc) is 2.49. The van der Waals surface area contributed by atoms with Crippen molar-refractivity contribution in [3.8, 4) is 23.3 Å². The van der Waals surface area contributed by atoms with Crippen LogP contribution in [-0.2, 0) is 0 Å². The number of carbonyl (C=O) groups is 1. The summed E-state index contributed by atoms with van der Waals surface area (Å²) in [5.41, 5.74) is 0.632. The molecule has 0 heterocycles. The number of halogens is 1. The van der Waals surface area contributed by atoms with Gasteiger partial charge in [-0.25, -0.2) is 4.39 Å². The van der Waals surface area contributed by atoms with Crippen molar-refractivity contribution in [2.75, 3.05) is 7.11 Å². The van der Waals surface area contributed by atoms with Crippen LogP contribution >= 0.6 is 0 Å². The molecule has 0 amide bonds. The number of hydrogen-bond donors (Lipinski definition) is 0. The first-order valence-electron chi connectivity index (χ1n) is 5.68. The van der Waals surface area contributed by atoms with E-state index in [1.54, 1.807) is 0 Å². The molecule has 0 saturated carbocycles. The second kappa shape index (κ2) is 5.85. The van der Waals surface area contributed by atoms with Crippen LogP contribution in [0, 0.1) is 17.1 Å². The van der Waals surface area contributed by atoms with Gasteiger partial charge in [-0.1, -0.05) is 0 Å². The molecule has 4 nitrogen and oxygen atoms in total. The Morgan fingerprint density at radius 1 is 1.15 bits per heavy atom. The van der Waals surface area contributed by atoms with Gasteiger partial charge >= 0.3 is 0 Å². The van der Waals surface area contributed by atoms with Crippen LogP contribution in [0.4, 0.5) is 4.39 Å². The summed E-state index contributed by atoms with van der Waals surface area (Å²) in [6.07, 6.45) is 0.551. The normalized spacial score (nSPS) is 9.65. The number of nitriles is 1. The highest BCUT2D eigenvalue weighted by Crippen LogP contribution is 2.33. The minimum absolute atomic E-state index is 0.0291. The van der Waals surface area contributed by atoms with E-state index in [-0.39, 0.29) is 17.1 Å². The smallest absolute Gasteiger partial charge is 0.169 e. The van der Waals surface area contributed by atoms with Gasteiger partial charge < -0.3 is 9.47 Å². The van der Waals surface area contributed by atoms with Crippen molar-refractivity contribution in [1.82, 2.24) is 0 Å². The van der Waals surface area contributed by atoms with E-state index in [0.29, 0.717) is 17.6 Å². The molecule has 0 aliphatic rings. The maximum atomic E-state index is 13.7. The molecule has 0 radical (unpaired) electrons. The van der Waals surface area contributed by atoms with Crippen LogP contribution in [0.1, 0.15) is 15.9 Å². The molecule has 2 aromatic rings. The number of hydrogen-bond acceptors (Lipinski definition) is 4. The van der Waals surface area contributed by atoms with E-state index < -0.39 is 5.82 Å². The van der Waals surface area contributed by atoms with Crippen LogP contribution in [0.15, 0.2) is 36.4 Å². The monoisotopic (exact) mass is 271 g/mol. The fourth-order valence-corrected chi connectivity index (χ4v) is 1.61. The molecule has 0 N–H and O–H groups in total. The van der Waals surface area contributed by atoms with Gasteiger partial charge in [0.25, 0.3) is 0 Å². The highest BCUT2D eigenvalue weighted by molar-refractivity contribution is 5.75. The molecule has 0 unspecified atom stereocenters. The molecule has 0 aromatic heterocycles. The van der Waals surface area contributed by atoms with E-state index in [0.717, 1.165) is 6.07 Å². The maximum Gasteiger partial charge on any atom is 0.169 e. The molecule has 2 aromatic carbocycles. The van der Waals surface area contributed by atoms with Gasteiger partial charge in [0.15, 0.2) is 23.1 Å². The summed E-state index contributed by atoms with van der Waals surface area (Å²) >= 11 is 0. The standard InChI is InChI=1S/C15H10FNO3/c1-19-15-7-10(8-17)2-5-14(15)20-13-4-3-11(9-18)6-12(13)16/h2-7,9H,1H3. The fourth-order valence-electron chi connectivity index (χ4n) is 1.61. The number of methoxy groups -OCH3 is 1. The van der Waals surface area contributed by atoms with Gasteiger partial charge in [-0.05, 0) is 30.3 Å². The van der Waals surface area contributed by atoms with Gasteiger partial charge in [0.05, 0.1) is 18.7 Å². The van der Waals surface area contributed by atoms with E-state index in [2.05, 4.69) is 0 Å². The Hall–Kier alpha value is -2.87. The Labute approximate surface area is 115 Å². The van der Waals surface area contributed by atoms with Gasteiger partial charge in [-0.2, -0.15) is 5.26 Å². The van der Waals surface area contributed by atoms with Crippen LogP contribution in [0.25, 0.3) is 0 Å². The third-order valence-electron chi connectivity index (χ3n) is 2.60. The number of carbonyl (C=O) groups excluding carboxylic acids is 1. The molecule has 0 fully saturated rings. The Kier molecular flexibility index (Phi) is 3.96. The molecule has 20 heavy (non-hydrogen) atoms. The van der Waals surface area contributed by atoms with Crippen molar-refractivity contribution in [2.45, 2.75) is 0 Å². The van der Waals surface area contributed by atoms with Crippen molar-refractivity contribution >= 4 is 6.29 Å². The number of ether oxygens (including phenoxy) is 2. The second-order valence-electron chi connectivity index (χ2n) is 3.89. The molecule has 2 rings (SSSR count). The van der Waals surface area contributed by atoms with Crippen LogP contribution in [-0.4, -0.2) is 13.4 Å². The Bertz CT molecular complexity index is 692. The van der Waals surface area contributed by atoms with Crippen molar-refractivity contribution in [3.63, 3.8) is 0 Å². The van der Waals surface area contributed by atoms with Gasteiger partial charge in [-0.3, -0.25) is 4.79 Å². The molecule has 0 aliphatic heterocycles. The molecule has 0 aliphatic carbocycles.